The van der Waals surface area contributed by atoms with Crippen molar-refractivity contribution in [3.63, 3.8) is 0 Å². The van der Waals surface area contributed by atoms with Gasteiger partial charge in [-0.25, -0.2) is 0 Å². The number of amides is 1. The highest BCUT2D eigenvalue weighted by Crippen LogP contribution is 2.45. The van der Waals surface area contributed by atoms with E-state index in [0.717, 1.165) is 11.3 Å². The molecule has 1 amide bonds. The Hall–Kier alpha value is -1.59. The molecule has 0 bridgehead atoms. The molecule has 2 aromatic carbocycles. The van der Waals surface area contributed by atoms with Gasteiger partial charge in [0.05, 0.1) is 17.7 Å². The molecule has 0 radical (unpaired) electrons. The quantitative estimate of drug-likeness (QED) is 0.842. The van der Waals surface area contributed by atoms with Crippen molar-refractivity contribution in [2.45, 2.75) is 17.5 Å². The molecule has 0 saturated carbocycles. The lowest BCUT2D eigenvalue weighted by atomic mass is 10.1. The zero-order valence-electron chi connectivity index (χ0n) is 13.8. The second-order valence-electron chi connectivity index (χ2n) is 5.63. The smallest absolute Gasteiger partial charge is 0.251 e. The molecule has 5 heteroatoms. The summed E-state index contributed by atoms with van der Waals surface area (Å²) >= 11 is 3.94. The van der Waals surface area contributed by atoms with E-state index in [1.165, 1.54) is 17.1 Å². The number of hydrogen-bond acceptors (Lipinski definition) is 4. The molecule has 1 heterocycles. The molecule has 1 atom stereocenters. The summed E-state index contributed by atoms with van der Waals surface area (Å²) in [5, 5.41) is 3.05. The fraction of sp³-hybridized carbons (Fsp3) is 0.316. The molecule has 0 aromatic heterocycles. The number of para-hydroxylation sites is 1. The molecule has 1 N–H and O–H groups in total. The van der Waals surface area contributed by atoms with Gasteiger partial charge in [0.1, 0.15) is 5.75 Å². The van der Waals surface area contributed by atoms with Crippen LogP contribution in [0.1, 0.15) is 39.0 Å². The molecule has 1 aliphatic rings. The fourth-order valence-corrected chi connectivity index (χ4v) is 5.58. The van der Waals surface area contributed by atoms with Gasteiger partial charge in [0.2, 0.25) is 0 Å². The number of ether oxygens (including phenoxy) is 1. The summed E-state index contributed by atoms with van der Waals surface area (Å²) in [6, 6.07) is 15.6. The maximum atomic E-state index is 12.5. The number of thioether (sulfide) groups is 2. The molecule has 1 aliphatic heterocycles. The normalized spacial score (nSPS) is 15.9. The van der Waals surface area contributed by atoms with E-state index in [1.807, 2.05) is 66.8 Å². The molecule has 1 unspecified atom stereocenters. The predicted molar refractivity (Wildman–Crippen MR) is 103 cm³/mol. The van der Waals surface area contributed by atoms with Crippen molar-refractivity contribution >= 4 is 29.4 Å². The molecule has 24 heavy (non-hydrogen) atoms. The summed E-state index contributed by atoms with van der Waals surface area (Å²) in [6.45, 7) is 1.97. The van der Waals surface area contributed by atoms with Crippen LogP contribution in [-0.4, -0.2) is 24.5 Å². The highest BCUT2D eigenvalue weighted by molar-refractivity contribution is 8.19. The van der Waals surface area contributed by atoms with Crippen molar-refractivity contribution in [2.75, 3.05) is 18.6 Å². The van der Waals surface area contributed by atoms with E-state index in [0.29, 0.717) is 10.1 Å². The average molecular weight is 360 g/mol. The van der Waals surface area contributed by atoms with Gasteiger partial charge in [0.15, 0.2) is 0 Å². The molecular formula is C19H21NO2S2. The molecular weight excluding hydrogens is 338 g/mol. The van der Waals surface area contributed by atoms with Crippen molar-refractivity contribution in [3.8, 4) is 5.75 Å². The first-order valence-electron chi connectivity index (χ1n) is 7.96. The highest BCUT2D eigenvalue weighted by atomic mass is 32.2. The average Bonchev–Trinajstić information content (AvgIpc) is 3.16. The Morgan fingerprint density at radius 3 is 2.46 bits per heavy atom. The van der Waals surface area contributed by atoms with E-state index in [1.54, 1.807) is 7.11 Å². The van der Waals surface area contributed by atoms with Gasteiger partial charge in [-0.15, -0.1) is 23.5 Å². The van der Waals surface area contributed by atoms with Crippen LogP contribution in [0.15, 0.2) is 48.5 Å². The van der Waals surface area contributed by atoms with Gasteiger partial charge in [0, 0.05) is 22.6 Å². The van der Waals surface area contributed by atoms with Gasteiger partial charge in [-0.3, -0.25) is 4.79 Å². The van der Waals surface area contributed by atoms with Crippen LogP contribution in [0.25, 0.3) is 0 Å². The number of rotatable bonds is 5. The number of benzene rings is 2. The van der Waals surface area contributed by atoms with E-state index in [9.17, 15) is 4.79 Å². The molecule has 3 rings (SSSR count). The zero-order valence-corrected chi connectivity index (χ0v) is 15.5. The third-order valence-corrected chi connectivity index (χ3v) is 7.12. The van der Waals surface area contributed by atoms with Crippen molar-refractivity contribution in [3.05, 3.63) is 65.2 Å². The summed E-state index contributed by atoms with van der Waals surface area (Å²) in [5.41, 5.74) is 2.95. The molecule has 3 nitrogen and oxygen atoms in total. The van der Waals surface area contributed by atoms with E-state index in [2.05, 4.69) is 17.4 Å². The Bertz CT molecular complexity index is 697. The summed E-state index contributed by atoms with van der Waals surface area (Å²) in [6.07, 6.45) is 0. The number of carbonyl (C=O) groups is 1. The van der Waals surface area contributed by atoms with Crippen molar-refractivity contribution < 1.29 is 9.53 Å². The second kappa shape index (κ2) is 7.99. The third-order valence-electron chi connectivity index (χ3n) is 4.02. The molecule has 1 fully saturated rings. The Morgan fingerprint density at radius 1 is 1.12 bits per heavy atom. The van der Waals surface area contributed by atoms with Crippen LogP contribution < -0.4 is 10.1 Å². The van der Waals surface area contributed by atoms with Gasteiger partial charge >= 0.3 is 0 Å². The van der Waals surface area contributed by atoms with Gasteiger partial charge in [-0.2, -0.15) is 0 Å². The first kappa shape index (κ1) is 17.2. The second-order valence-corrected chi connectivity index (χ2v) is 8.36. The maximum absolute atomic E-state index is 12.5. The summed E-state index contributed by atoms with van der Waals surface area (Å²) in [5.74, 6) is 3.13. The minimum absolute atomic E-state index is 0.0633. The zero-order chi connectivity index (χ0) is 16.9. The predicted octanol–water partition coefficient (Wildman–Crippen LogP) is 4.66. The van der Waals surface area contributed by atoms with Crippen molar-refractivity contribution in [1.82, 2.24) is 5.32 Å². The minimum Gasteiger partial charge on any atom is -0.496 e. The van der Waals surface area contributed by atoms with Gasteiger partial charge in [-0.05, 0) is 30.7 Å². The Labute approximate surface area is 151 Å². The van der Waals surface area contributed by atoms with Crippen LogP contribution in [0.3, 0.4) is 0 Å². The van der Waals surface area contributed by atoms with Crippen LogP contribution in [0.2, 0.25) is 0 Å². The minimum atomic E-state index is -0.116. The molecule has 1 saturated heterocycles. The van der Waals surface area contributed by atoms with Crippen LogP contribution in [0.4, 0.5) is 0 Å². The third kappa shape index (κ3) is 3.90. The molecule has 0 aliphatic carbocycles. The summed E-state index contributed by atoms with van der Waals surface area (Å²) < 4.78 is 5.88. The van der Waals surface area contributed by atoms with Crippen LogP contribution in [-0.2, 0) is 0 Å². The monoisotopic (exact) mass is 359 g/mol. The Kier molecular flexibility index (Phi) is 5.74. The topological polar surface area (TPSA) is 38.3 Å². The lowest BCUT2D eigenvalue weighted by Crippen LogP contribution is -2.26. The fourth-order valence-electron chi connectivity index (χ4n) is 2.72. The van der Waals surface area contributed by atoms with Gasteiger partial charge in [-0.1, -0.05) is 30.3 Å². The lowest BCUT2D eigenvalue weighted by molar-refractivity contribution is 0.0939. The Morgan fingerprint density at radius 2 is 1.79 bits per heavy atom. The van der Waals surface area contributed by atoms with Gasteiger partial charge < -0.3 is 10.1 Å². The number of nitrogens with one attached hydrogen (secondary N) is 1. The van der Waals surface area contributed by atoms with E-state index < -0.39 is 0 Å². The number of hydrogen-bond donors (Lipinski definition) is 1. The van der Waals surface area contributed by atoms with E-state index in [-0.39, 0.29) is 11.9 Å². The van der Waals surface area contributed by atoms with Crippen LogP contribution >= 0.6 is 23.5 Å². The first-order valence-corrected chi connectivity index (χ1v) is 10.1. The standard InChI is InChI=1S/C19H21NO2S2/c1-13(16-5-3-4-6-17(16)22-2)20-18(21)14-7-9-15(10-8-14)19-23-11-12-24-19/h3-10,13,19H,11-12H2,1-2H3,(H,20,21). The summed E-state index contributed by atoms with van der Waals surface area (Å²) in [4.78, 5) is 12.5. The van der Waals surface area contributed by atoms with Crippen molar-refractivity contribution in [2.24, 2.45) is 0 Å². The first-order chi connectivity index (χ1) is 11.7. The maximum Gasteiger partial charge on any atom is 0.251 e. The van der Waals surface area contributed by atoms with Gasteiger partial charge in [0.25, 0.3) is 5.91 Å². The van der Waals surface area contributed by atoms with E-state index in [4.69, 9.17) is 4.74 Å². The largest absolute Gasteiger partial charge is 0.496 e. The van der Waals surface area contributed by atoms with Crippen molar-refractivity contribution in [1.29, 1.82) is 0 Å². The number of methoxy groups -OCH3 is 1. The highest BCUT2D eigenvalue weighted by Gasteiger charge is 2.19. The van der Waals surface area contributed by atoms with Crippen LogP contribution in [0.5, 0.6) is 5.75 Å². The molecule has 0 spiro atoms. The molecule has 126 valence electrons. The number of carbonyl (C=O) groups excluding carboxylic acids is 1. The summed E-state index contributed by atoms with van der Waals surface area (Å²) in [7, 11) is 1.64. The van der Waals surface area contributed by atoms with E-state index >= 15 is 0 Å². The Balaban J connectivity index is 1.68. The molecule has 2 aromatic rings. The lowest BCUT2D eigenvalue weighted by Gasteiger charge is -2.17. The SMILES string of the molecule is COc1ccccc1C(C)NC(=O)c1ccc(C2SCCS2)cc1. The van der Waals surface area contributed by atoms with Crippen LogP contribution in [0, 0.1) is 0 Å².